The lowest BCUT2D eigenvalue weighted by Crippen LogP contribution is -2.50. The van der Waals surface area contributed by atoms with E-state index < -0.39 is 12.1 Å². The first kappa shape index (κ1) is 22.7. The van der Waals surface area contributed by atoms with E-state index in [4.69, 9.17) is 0 Å². The van der Waals surface area contributed by atoms with Crippen LogP contribution in [0.5, 0.6) is 0 Å². The normalized spacial score (nSPS) is 45.7. The minimum absolute atomic E-state index is 0.288. The van der Waals surface area contributed by atoms with Crippen LogP contribution in [0.15, 0.2) is 11.6 Å². The van der Waals surface area contributed by atoms with E-state index in [0.717, 1.165) is 30.1 Å². The van der Waals surface area contributed by atoms with E-state index in [2.05, 4.69) is 33.8 Å². The topological polar surface area (TPSA) is 0 Å². The van der Waals surface area contributed by atoms with Crippen LogP contribution in [0.25, 0.3) is 0 Å². The molecule has 8 unspecified atom stereocenters. The molecule has 0 aliphatic heterocycles. The second kappa shape index (κ2) is 7.84. The van der Waals surface area contributed by atoms with Crippen molar-refractivity contribution < 1.29 is 13.2 Å². The molecule has 0 N–H and O–H groups in total. The van der Waals surface area contributed by atoms with E-state index in [9.17, 15) is 13.2 Å². The van der Waals surface area contributed by atoms with Crippen LogP contribution in [0.1, 0.15) is 98.8 Å². The molecule has 3 fully saturated rings. The summed E-state index contributed by atoms with van der Waals surface area (Å²) in [6, 6.07) is 0. The first-order chi connectivity index (χ1) is 14.0. The quantitative estimate of drug-likeness (QED) is 0.395. The molecule has 0 saturated heterocycles. The Kier molecular flexibility index (Phi) is 5.93. The molecule has 3 heteroatoms. The van der Waals surface area contributed by atoms with Gasteiger partial charge in [0.1, 0.15) is 0 Å². The minimum Gasteiger partial charge on any atom is -0.171 e. The van der Waals surface area contributed by atoms with Crippen LogP contribution >= 0.6 is 0 Å². The Balaban J connectivity index is 1.47. The van der Waals surface area contributed by atoms with Gasteiger partial charge < -0.3 is 0 Å². The SMILES string of the molecule is CC(CCC(C)C(F)(F)F)C1CCC2C3CC=C4C[C@H](C)CCC4(C)C3CCC12C. The molecular weight excluding hydrogens is 381 g/mol. The Morgan fingerprint density at radius 3 is 2.43 bits per heavy atom. The predicted octanol–water partition coefficient (Wildman–Crippen LogP) is 8.82. The molecular formula is C27H43F3. The average molecular weight is 425 g/mol. The summed E-state index contributed by atoms with van der Waals surface area (Å²) >= 11 is 0. The van der Waals surface area contributed by atoms with Crippen molar-refractivity contribution in [1.29, 1.82) is 0 Å². The van der Waals surface area contributed by atoms with Crippen LogP contribution in [-0.2, 0) is 0 Å². The second-order valence-corrected chi connectivity index (χ2v) is 12.3. The summed E-state index contributed by atoms with van der Waals surface area (Å²) in [7, 11) is 0. The van der Waals surface area contributed by atoms with Crippen LogP contribution in [0, 0.1) is 52.3 Å². The van der Waals surface area contributed by atoms with Gasteiger partial charge in [-0.3, -0.25) is 0 Å². The van der Waals surface area contributed by atoms with Gasteiger partial charge in [0.15, 0.2) is 0 Å². The zero-order valence-electron chi connectivity index (χ0n) is 19.8. The number of allylic oxidation sites excluding steroid dienone is 2. The largest absolute Gasteiger partial charge is 0.391 e. The highest BCUT2D eigenvalue weighted by molar-refractivity contribution is 5.25. The molecule has 4 aliphatic carbocycles. The molecule has 0 aromatic heterocycles. The molecule has 4 rings (SSSR count). The third kappa shape index (κ3) is 3.68. The zero-order valence-corrected chi connectivity index (χ0v) is 19.8. The Morgan fingerprint density at radius 1 is 1.00 bits per heavy atom. The molecule has 172 valence electrons. The van der Waals surface area contributed by atoms with Gasteiger partial charge in [-0.1, -0.05) is 46.3 Å². The lowest BCUT2D eigenvalue weighted by atomic mass is 9.46. The molecule has 0 amide bonds. The molecule has 0 spiro atoms. The Hall–Kier alpha value is -0.470. The highest BCUT2D eigenvalue weighted by Crippen LogP contribution is 2.67. The monoisotopic (exact) mass is 424 g/mol. The van der Waals surface area contributed by atoms with Crippen molar-refractivity contribution in [2.45, 2.75) is 105 Å². The Labute approximate surface area is 182 Å². The fourth-order valence-electron chi connectivity index (χ4n) is 8.70. The van der Waals surface area contributed by atoms with Gasteiger partial charge in [0.25, 0.3) is 0 Å². The van der Waals surface area contributed by atoms with Gasteiger partial charge in [-0.25, -0.2) is 0 Å². The van der Waals surface area contributed by atoms with Crippen molar-refractivity contribution >= 4 is 0 Å². The molecule has 3 saturated carbocycles. The Bertz CT molecular complexity index is 664. The third-order valence-electron chi connectivity index (χ3n) is 10.7. The number of hydrogen-bond acceptors (Lipinski definition) is 0. The summed E-state index contributed by atoms with van der Waals surface area (Å²) < 4.78 is 39.0. The molecule has 0 aromatic rings. The highest BCUT2D eigenvalue weighted by atomic mass is 19.4. The van der Waals surface area contributed by atoms with Crippen molar-refractivity contribution in [2.75, 3.05) is 0 Å². The zero-order chi connectivity index (χ0) is 21.9. The summed E-state index contributed by atoms with van der Waals surface area (Å²) in [6.45, 7) is 11.1. The summed E-state index contributed by atoms with van der Waals surface area (Å²) in [5.74, 6) is 3.09. The van der Waals surface area contributed by atoms with Crippen molar-refractivity contribution in [3.63, 3.8) is 0 Å². The molecule has 0 bridgehead atoms. The number of halogens is 3. The average Bonchev–Trinajstić information content (AvgIpc) is 3.03. The van der Waals surface area contributed by atoms with Gasteiger partial charge in [-0.05, 0) is 111 Å². The fourth-order valence-corrected chi connectivity index (χ4v) is 8.70. The Morgan fingerprint density at radius 2 is 1.73 bits per heavy atom. The molecule has 0 heterocycles. The summed E-state index contributed by atoms with van der Waals surface area (Å²) in [5.41, 5.74) is 2.52. The fraction of sp³-hybridized carbons (Fsp3) is 0.926. The van der Waals surface area contributed by atoms with Crippen molar-refractivity contribution in [3.05, 3.63) is 11.6 Å². The lowest BCUT2D eigenvalue weighted by molar-refractivity contribution is -0.172. The van der Waals surface area contributed by atoms with Gasteiger partial charge in [0.05, 0.1) is 5.92 Å². The molecule has 0 radical (unpaired) electrons. The van der Waals surface area contributed by atoms with Crippen LogP contribution in [0.3, 0.4) is 0 Å². The molecule has 9 atom stereocenters. The first-order valence-electron chi connectivity index (χ1n) is 12.7. The number of alkyl halides is 3. The van der Waals surface area contributed by atoms with Gasteiger partial charge >= 0.3 is 6.18 Å². The van der Waals surface area contributed by atoms with Crippen molar-refractivity contribution in [2.24, 2.45) is 52.3 Å². The van der Waals surface area contributed by atoms with Crippen molar-refractivity contribution in [3.8, 4) is 0 Å². The number of fused-ring (bicyclic) bond motifs is 5. The summed E-state index contributed by atoms with van der Waals surface area (Å²) in [6.07, 6.45) is 10.1. The van der Waals surface area contributed by atoms with Crippen LogP contribution < -0.4 is 0 Å². The number of rotatable bonds is 4. The molecule has 30 heavy (non-hydrogen) atoms. The molecule has 0 aromatic carbocycles. The van der Waals surface area contributed by atoms with Gasteiger partial charge in [0, 0.05) is 0 Å². The molecule has 0 nitrogen and oxygen atoms in total. The summed E-state index contributed by atoms with van der Waals surface area (Å²) in [4.78, 5) is 0. The lowest BCUT2D eigenvalue weighted by Gasteiger charge is -2.58. The van der Waals surface area contributed by atoms with Gasteiger partial charge in [-0.15, -0.1) is 0 Å². The maximum absolute atomic E-state index is 13.0. The molecule has 4 aliphatic rings. The van der Waals surface area contributed by atoms with Crippen LogP contribution in [0.2, 0.25) is 0 Å². The maximum Gasteiger partial charge on any atom is 0.391 e. The summed E-state index contributed by atoms with van der Waals surface area (Å²) in [5, 5.41) is 0. The van der Waals surface area contributed by atoms with E-state index in [1.54, 1.807) is 5.57 Å². The maximum atomic E-state index is 13.0. The smallest absolute Gasteiger partial charge is 0.171 e. The predicted molar refractivity (Wildman–Crippen MR) is 118 cm³/mol. The van der Waals surface area contributed by atoms with Crippen molar-refractivity contribution in [1.82, 2.24) is 0 Å². The van der Waals surface area contributed by atoms with Gasteiger partial charge in [0.2, 0.25) is 0 Å². The van der Waals surface area contributed by atoms with E-state index in [1.807, 2.05) is 0 Å². The second-order valence-electron chi connectivity index (χ2n) is 12.3. The van der Waals surface area contributed by atoms with E-state index in [-0.39, 0.29) is 6.42 Å². The van der Waals surface area contributed by atoms with E-state index in [0.29, 0.717) is 22.7 Å². The standard InChI is InChI=1S/C27H43F3/c1-17-12-14-25(4)20(16-17)8-9-21-23-11-10-22(26(23,5)15-13-24(21)25)18(2)6-7-19(3)27(28,29)30/h8,17-19,21-24H,6-7,9-16H2,1-5H3/t17-,18?,19?,21?,22?,23?,24?,25?,26?/m1/s1. The van der Waals surface area contributed by atoms with E-state index in [1.165, 1.54) is 58.3 Å². The first-order valence-corrected chi connectivity index (χ1v) is 12.7. The van der Waals surface area contributed by atoms with Crippen LogP contribution in [0.4, 0.5) is 13.2 Å². The van der Waals surface area contributed by atoms with E-state index >= 15 is 0 Å². The van der Waals surface area contributed by atoms with Crippen LogP contribution in [-0.4, -0.2) is 6.18 Å². The third-order valence-corrected chi connectivity index (χ3v) is 10.7. The minimum atomic E-state index is -4.04. The van der Waals surface area contributed by atoms with Gasteiger partial charge in [-0.2, -0.15) is 13.2 Å². The number of hydrogen-bond donors (Lipinski definition) is 0. The highest BCUT2D eigenvalue weighted by Gasteiger charge is 2.59.